The van der Waals surface area contributed by atoms with Gasteiger partial charge in [-0.05, 0) is 39.0 Å². The van der Waals surface area contributed by atoms with E-state index in [9.17, 15) is 5.11 Å². The number of nitrogens with zero attached hydrogens (tertiary/aromatic N) is 1. The number of aliphatic hydroxyl groups excluding tert-OH is 1. The molecule has 110 valence electrons. The minimum atomic E-state index is -0.405. The van der Waals surface area contributed by atoms with Crippen LogP contribution in [0.1, 0.15) is 65.2 Å². The first kappa shape index (κ1) is 16.1. The van der Waals surface area contributed by atoms with Crippen molar-refractivity contribution in [1.82, 2.24) is 10.2 Å². The van der Waals surface area contributed by atoms with Crippen molar-refractivity contribution in [3.05, 3.63) is 24.6 Å². The summed E-state index contributed by atoms with van der Waals surface area (Å²) in [6.07, 6.45) is 18.3. The van der Waals surface area contributed by atoms with E-state index in [2.05, 4.69) is 24.4 Å². The second-order valence-corrected chi connectivity index (χ2v) is 5.33. The minimum Gasteiger partial charge on any atom is -0.374 e. The fraction of sp³-hybridized carbons (Fsp3) is 0.750. The maximum absolute atomic E-state index is 9.59. The molecule has 0 amide bonds. The van der Waals surface area contributed by atoms with E-state index in [4.69, 9.17) is 0 Å². The zero-order valence-corrected chi connectivity index (χ0v) is 12.5. The van der Waals surface area contributed by atoms with Crippen molar-refractivity contribution in [3.8, 4) is 0 Å². The molecule has 0 radical (unpaired) electrons. The number of aliphatic hydroxyl groups is 1. The Labute approximate surface area is 118 Å². The van der Waals surface area contributed by atoms with Gasteiger partial charge in [-0.2, -0.15) is 0 Å². The molecule has 2 N–H and O–H groups in total. The Hall–Kier alpha value is -0.960. The van der Waals surface area contributed by atoms with Crippen LogP contribution in [0.4, 0.5) is 0 Å². The number of nitrogens with one attached hydrogen (secondary N) is 1. The lowest BCUT2D eigenvalue weighted by molar-refractivity contribution is 0.0254. The van der Waals surface area contributed by atoms with Gasteiger partial charge in [0.1, 0.15) is 12.4 Å². The van der Waals surface area contributed by atoms with Crippen LogP contribution in [0.15, 0.2) is 24.6 Å². The van der Waals surface area contributed by atoms with Gasteiger partial charge in [-0.1, -0.05) is 38.3 Å². The van der Waals surface area contributed by atoms with Crippen molar-refractivity contribution in [2.24, 2.45) is 0 Å². The van der Waals surface area contributed by atoms with E-state index in [0.717, 1.165) is 6.42 Å². The van der Waals surface area contributed by atoms with Gasteiger partial charge in [-0.3, -0.25) is 0 Å². The maximum Gasteiger partial charge on any atom is 0.125 e. The summed E-state index contributed by atoms with van der Waals surface area (Å²) >= 11 is 0. The van der Waals surface area contributed by atoms with Crippen molar-refractivity contribution in [3.63, 3.8) is 0 Å². The van der Waals surface area contributed by atoms with Crippen molar-refractivity contribution in [2.75, 3.05) is 0 Å². The van der Waals surface area contributed by atoms with E-state index in [-0.39, 0.29) is 6.17 Å². The maximum atomic E-state index is 9.59. The molecule has 0 saturated heterocycles. The van der Waals surface area contributed by atoms with Gasteiger partial charge in [0.05, 0.1) is 0 Å². The van der Waals surface area contributed by atoms with Gasteiger partial charge >= 0.3 is 0 Å². The summed E-state index contributed by atoms with van der Waals surface area (Å²) < 4.78 is 0. The average molecular weight is 266 g/mol. The number of hydrogen-bond acceptors (Lipinski definition) is 3. The van der Waals surface area contributed by atoms with Gasteiger partial charge in [0, 0.05) is 12.4 Å². The Bertz CT molecular complexity index is 274. The lowest BCUT2D eigenvalue weighted by Gasteiger charge is -2.28. The Morgan fingerprint density at radius 3 is 2.63 bits per heavy atom. The molecule has 1 heterocycles. The third kappa shape index (κ3) is 6.67. The average Bonchev–Trinajstić information content (AvgIpc) is 2.85. The van der Waals surface area contributed by atoms with E-state index < -0.39 is 6.23 Å². The van der Waals surface area contributed by atoms with Crippen molar-refractivity contribution in [1.29, 1.82) is 0 Å². The van der Waals surface area contributed by atoms with E-state index in [0.29, 0.717) is 0 Å². The molecule has 2 unspecified atom stereocenters. The fourth-order valence-electron chi connectivity index (χ4n) is 2.38. The number of rotatable bonds is 10. The predicted molar refractivity (Wildman–Crippen MR) is 81.3 cm³/mol. The van der Waals surface area contributed by atoms with Crippen LogP contribution >= 0.6 is 0 Å². The van der Waals surface area contributed by atoms with Crippen LogP contribution in [0.5, 0.6) is 0 Å². The van der Waals surface area contributed by atoms with Crippen molar-refractivity contribution < 1.29 is 5.11 Å². The van der Waals surface area contributed by atoms with Gasteiger partial charge < -0.3 is 15.3 Å². The highest BCUT2D eigenvalue weighted by atomic mass is 16.3. The van der Waals surface area contributed by atoms with Gasteiger partial charge in [-0.15, -0.1) is 0 Å². The third-order valence-electron chi connectivity index (χ3n) is 3.57. The van der Waals surface area contributed by atoms with Crippen LogP contribution in [-0.2, 0) is 0 Å². The topological polar surface area (TPSA) is 35.5 Å². The molecule has 0 spiro atoms. The SMILES string of the molecule is CCCC/C=C/CCCCCC1NC=CN1C(C)O. The van der Waals surface area contributed by atoms with Crippen LogP contribution in [0.2, 0.25) is 0 Å². The molecule has 2 atom stereocenters. The standard InChI is InChI=1S/C16H30N2O/c1-3-4-5-6-7-8-9-10-11-12-16-17-13-14-18(16)15(2)19/h6-7,13-17,19H,3-5,8-12H2,1-2H3/b7-6+. The molecule has 3 nitrogen and oxygen atoms in total. The number of hydrogen-bond donors (Lipinski definition) is 2. The smallest absolute Gasteiger partial charge is 0.125 e. The molecule has 0 aromatic heterocycles. The van der Waals surface area contributed by atoms with Crippen LogP contribution in [0.25, 0.3) is 0 Å². The van der Waals surface area contributed by atoms with Crippen LogP contribution < -0.4 is 5.32 Å². The zero-order valence-electron chi connectivity index (χ0n) is 12.5. The third-order valence-corrected chi connectivity index (χ3v) is 3.57. The summed E-state index contributed by atoms with van der Waals surface area (Å²) in [4.78, 5) is 1.98. The van der Waals surface area contributed by atoms with Crippen molar-refractivity contribution >= 4 is 0 Å². The Kier molecular flexibility index (Phi) is 8.39. The van der Waals surface area contributed by atoms with Gasteiger partial charge in [0.25, 0.3) is 0 Å². The zero-order chi connectivity index (χ0) is 13.9. The van der Waals surface area contributed by atoms with Gasteiger partial charge in [-0.25, -0.2) is 0 Å². The van der Waals surface area contributed by atoms with Crippen molar-refractivity contribution in [2.45, 2.75) is 77.6 Å². The minimum absolute atomic E-state index is 0.278. The lowest BCUT2D eigenvalue weighted by atomic mass is 10.1. The molecule has 1 rings (SSSR count). The summed E-state index contributed by atoms with van der Waals surface area (Å²) in [5, 5.41) is 12.9. The molecule has 3 heteroatoms. The molecule has 1 aliphatic heterocycles. The molecule has 1 aliphatic rings. The molecule has 0 bridgehead atoms. The quantitative estimate of drug-likeness (QED) is 0.467. The Morgan fingerprint density at radius 2 is 1.95 bits per heavy atom. The molecule has 19 heavy (non-hydrogen) atoms. The van der Waals surface area contributed by atoms with Crippen LogP contribution in [0.3, 0.4) is 0 Å². The highest BCUT2D eigenvalue weighted by molar-refractivity contribution is 4.94. The summed E-state index contributed by atoms with van der Waals surface area (Å²) in [5.41, 5.74) is 0. The molecule has 0 aliphatic carbocycles. The molecular formula is C16H30N2O. The van der Waals surface area contributed by atoms with E-state index in [1.165, 1.54) is 44.9 Å². The molecule has 0 aromatic rings. The summed E-state index contributed by atoms with van der Waals surface area (Å²) in [5.74, 6) is 0. The lowest BCUT2D eigenvalue weighted by Crippen LogP contribution is -2.40. The molecule has 0 saturated carbocycles. The summed E-state index contributed by atoms with van der Waals surface area (Å²) in [6.45, 7) is 4.04. The van der Waals surface area contributed by atoms with Crippen LogP contribution in [0, 0.1) is 0 Å². The largest absolute Gasteiger partial charge is 0.374 e. The Morgan fingerprint density at radius 1 is 1.21 bits per heavy atom. The summed E-state index contributed by atoms with van der Waals surface area (Å²) in [6, 6.07) is 0. The monoisotopic (exact) mass is 266 g/mol. The molecule has 0 aromatic carbocycles. The van der Waals surface area contributed by atoms with E-state index in [1.54, 1.807) is 0 Å². The number of allylic oxidation sites excluding steroid dienone is 2. The normalized spacial score (nSPS) is 20.2. The van der Waals surface area contributed by atoms with Gasteiger partial charge in [0.2, 0.25) is 0 Å². The first-order valence-corrected chi connectivity index (χ1v) is 7.79. The van der Waals surface area contributed by atoms with Gasteiger partial charge in [0.15, 0.2) is 0 Å². The highest BCUT2D eigenvalue weighted by Crippen LogP contribution is 2.15. The molecular weight excluding hydrogens is 236 g/mol. The second-order valence-electron chi connectivity index (χ2n) is 5.33. The fourth-order valence-corrected chi connectivity index (χ4v) is 2.38. The first-order chi connectivity index (χ1) is 9.25. The number of unbranched alkanes of at least 4 members (excludes halogenated alkanes) is 5. The van der Waals surface area contributed by atoms with E-state index in [1.807, 2.05) is 24.2 Å². The van der Waals surface area contributed by atoms with E-state index >= 15 is 0 Å². The second kappa shape index (κ2) is 9.90. The molecule has 0 fully saturated rings. The summed E-state index contributed by atoms with van der Waals surface area (Å²) in [7, 11) is 0. The first-order valence-electron chi connectivity index (χ1n) is 7.79. The van der Waals surface area contributed by atoms with Crippen LogP contribution in [-0.4, -0.2) is 22.4 Å². The Balaban J connectivity index is 1.98. The predicted octanol–water partition coefficient (Wildman–Crippen LogP) is 3.72. The highest BCUT2D eigenvalue weighted by Gasteiger charge is 2.20.